The van der Waals surface area contributed by atoms with E-state index in [1.54, 1.807) is 11.3 Å². The molecule has 6 nitrogen and oxygen atoms in total. The van der Waals surface area contributed by atoms with Crippen molar-refractivity contribution in [2.75, 3.05) is 44.0 Å². The van der Waals surface area contributed by atoms with Crippen molar-refractivity contribution < 1.29 is 0 Å². The molecule has 1 fully saturated rings. The minimum atomic E-state index is 0.483. The van der Waals surface area contributed by atoms with Gasteiger partial charge in [-0.1, -0.05) is 0 Å². The number of nitrogens with zero attached hydrogens (tertiary/aromatic N) is 6. The molecule has 3 rings (SSSR count). The molecule has 130 valence electrons. The first-order chi connectivity index (χ1) is 11.5. The fourth-order valence-electron chi connectivity index (χ4n) is 3.11. The van der Waals surface area contributed by atoms with Gasteiger partial charge in [-0.3, -0.25) is 4.90 Å². The van der Waals surface area contributed by atoms with E-state index >= 15 is 0 Å². The maximum Gasteiger partial charge on any atom is 0.226 e. The first-order valence-electron chi connectivity index (χ1n) is 8.39. The number of aromatic nitrogens is 3. The van der Waals surface area contributed by atoms with Crippen molar-refractivity contribution in [1.82, 2.24) is 19.9 Å². The zero-order valence-electron chi connectivity index (χ0n) is 14.9. The van der Waals surface area contributed by atoms with Crippen molar-refractivity contribution in [3.05, 3.63) is 28.3 Å². The molecular weight excluding hydrogens is 320 g/mol. The quantitative estimate of drug-likeness (QED) is 0.829. The summed E-state index contributed by atoms with van der Waals surface area (Å²) in [4.78, 5) is 21.5. The molecule has 1 saturated heterocycles. The lowest BCUT2D eigenvalue weighted by Crippen LogP contribution is -2.46. The van der Waals surface area contributed by atoms with Crippen molar-refractivity contribution in [3.63, 3.8) is 0 Å². The molecule has 7 heteroatoms. The number of likely N-dealkylation sites (N-methyl/N-ethyl adjacent to an activating group) is 1. The van der Waals surface area contributed by atoms with Crippen LogP contribution in [0.1, 0.15) is 23.4 Å². The molecule has 1 aliphatic rings. The van der Waals surface area contributed by atoms with Crippen LogP contribution in [0.4, 0.5) is 11.8 Å². The Hall–Kier alpha value is -1.73. The Morgan fingerprint density at radius 3 is 2.83 bits per heavy atom. The van der Waals surface area contributed by atoms with E-state index in [2.05, 4.69) is 38.7 Å². The van der Waals surface area contributed by atoms with Crippen LogP contribution in [0.25, 0.3) is 0 Å². The molecule has 24 heavy (non-hydrogen) atoms. The highest BCUT2D eigenvalue weighted by molar-refractivity contribution is 7.09. The van der Waals surface area contributed by atoms with Gasteiger partial charge < -0.3 is 9.80 Å². The average Bonchev–Trinajstić information content (AvgIpc) is 2.99. The molecule has 2 aromatic heterocycles. The Morgan fingerprint density at radius 1 is 1.29 bits per heavy atom. The van der Waals surface area contributed by atoms with Gasteiger partial charge in [-0.2, -0.15) is 4.98 Å². The Labute approximate surface area is 148 Å². The third-order valence-electron chi connectivity index (χ3n) is 4.63. The monoisotopic (exact) mass is 346 g/mol. The van der Waals surface area contributed by atoms with Gasteiger partial charge in [0.1, 0.15) is 5.82 Å². The lowest BCUT2D eigenvalue weighted by Gasteiger charge is -2.38. The highest BCUT2D eigenvalue weighted by Gasteiger charge is 2.25. The van der Waals surface area contributed by atoms with Gasteiger partial charge in [0.25, 0.3) is 0 Å². The summed E-state index contributed by atoms with van der Waals surface area (Å²) in [6, 6.07) is 2.48. The number of hydrogen-bond donors (Lipinski definition) is 0. The van der Waals surface area contributed by atoms with Crippen LogP contribution in [0.5, 0.6) is 0 Å². The Morgan fingerprint density at radius 2 is 2.12 bits per heavy atom. The number of hydrogen-bond acceptors (Lipinski definition) is 7. The maximum atomic E-state index is 4.68. The number of aryl methyl sites for hydroxylation is 1. The molecule has 3 heterocycles. The lowest BCUT2D eigenvalue weighted by molar-refractivity contribution is 0.199. The van der Waals surface area contributed by atoms with Crippen LogP contribution in [0.15, 0.2) is 17.8 Å². The number of thiazole rings is 1. The van der Waals surface area contributed by atoms with Crippen LogP contribution in [0.2, 0.25) is 0 Å². The van der Waals surface area contributed by atoms with Crippen molar-refractivity contribution in [2.24, 2.45) is 0 Å². The molecule has 2 aromatic rings. The van der Waals surface area contributed by atoms with Gasteiger partial charge in [0.2, 0.25) is 5.95 Å². The van der Waals surface area contributed by atoms with E-state index in [0.717, 1.165) is 31.4 Å². The van der Waals surface area contributed by atoms with E-state index in [1.165, 1.54) is 23.4 Å². The van der Waals surface area contributed by atoms with Gasteiger partial charge in [0, 0.05) is 51.3 Å². The summed E-state index contributed by atoms with van der Waals surface area (Å²) in [5.41, 5.74) is 3.11. The van der Waals surface area contributed by atoms with Gasteiger partial charge in [-0.25, -0.2) is 9.97 Å². The van der Waals surface area contributed by atoms with Gasteiger partial charge >= 0.3 is 0 Å². The van der Waals surface area contributed by atoms with Gasteiger partial charge in [0.05, 0.1) is 11.2 Å². The molecule has 0 saturated carbocycles. The highest BCUT2D eigenvalue weighted by atomic mass is 32.1. The molecule has 0 spiro atoms. The average molecular weight is 347 g/mol. The topological polar surface area (TPSA) is 48.4 Å². The first kappa shape index (κ1) is 17.1. The summed E-state index contributed by atoms with van der Waals surface area (Å²) in [5, 5.41) is 0. The van der Waals surface area contributed by atoms with Gasteiger partial charge in [0.15, 0.2) is 0 Å². The molecule has 1 atom stereocenters. The predicted molar refractivity (Wildman–Crippen MR) is 99.9 cm³/mol. The zero-order valence-corrected chi connectivity index (χ0v) is 15.8. The summed E-state index contributed by atoms with van der Waals surface area (Å²) in [5.74, 6) is 1.75. The molecule has 0 radical (unpaired) electrons. The summed E-state index contributed by atoms with van der Waals surface area (Å²) in [6.45, 7) is 5.33. The predicted octanol–water partition coefficient (Wildman–Crippen LogP) is 2.41. The minimum Gasteiger partial charge on any atom is -0.355 e. The third-order valence-corrected chi connectivity index (χ3v) is 5.55. The largest absolute Gasteiger partial charge is 0.355 e. The van der Waals surface area contributed by atoms with E-state index in [-0.39, 0.29) is 0 Å². The second-order valence-corrected chi connectivity index (χ2v) is 7.55. The second-order valence-electron chi connectivity index (χ2n) is 6.61. The molecule has 1 aliphatic heterocycles. The van der Waals surface area contributed by atoms with Crippen LogP contribution in [-0.4, -0.2) is 60.1 Å². The van der Waals surface area contributed by atoms with E-state index in [1.807, 2.05) is 36.8 Å². The molecule has 0 aromatic carbocycles. The fraction of sp³-hybridized carbons (Fsp3) is 0.588. The first-order valence-corrected chi connectivity index (χ1v) is 9.27. The van der Waals surface area contributed by atoms with Gasteiger partial charge in [-0.15, -0.1) is 11.3 Å². The number of rotatable bonds is 5. The van der Waals surface area contributed by atoms with Gasteiger partial charge in [-0.05, 0) is 32.4 Å². The van der Waals surface area contributed by atoms with Crippen molar-refractivity contribution in [1.29, 1.82) is 0 Å². The van der Waals surface area contributed by atoms with E-state index in [4.69, 9.17) is 0 Å². The van der Waals surface area contributed by atoms with E-state index in [9.17, 15) is 0 Å². The standard InChI is InChI=1S/C17H26N6S/c1-13-15(24-12-19-13)11-23-9-5-6-14(10-23)22(4)16-7-8-18-17(20-16)21(2)3/h7-8,12,14H,5-6,9-11H2,1-4H3. The smallest absolute Gasteiger partial charge is 0.226 e. The van der Waals surface area contributed by atoms with E-state index < -0.39 is 0 Å². The molecule has 0 aliphatic carbocycles. The Bertz CT molecular complexity index is 671. The highest BCUT2D eigenvalue weighted by Crippen LogP contribution is 2.23. The van der Waals surface area contributed by atoms with Crippen molar-refractivity contribution in [2.45, 2.75) is 32.4 Å². The number of piperidine rings is 1. The fourth-order valence-corrected chi connectivity index (χ4v) is 3.93. The number of likely N-dealkylation sites (tertiary alicyclic amines) is 1. The third kappa shape index (κ3) is 3.84. The minimum absolute atomic E-state index is 0.483. The molecule has 0 bridgehead atoms. The second kappa shape index (κ2) is 7.44. The Kier molecular flexibility index (Phi) is 5.30. The summed E-state index contributed by atoms with van der Waals surface area (Å²) in [7, 11) is 6.09. The molecular formula is C17H26N6S. The molecule has 1 unspecified atom stereocenters. The maximum absolute atomic E-state index is 4.68. The van der Waals surface area contributed by atoms with Crippen LogP contribution < -0.4 is 9.80 Å². The summed E-state index contributed by atoms with van der Waals surface area (Å²) >= 11 is 1.76. The van der Waals surface area contributed by atoms with Crippen LogP contribution in [0.3, 0.4) is 0 Å². The SMILES string of the molecule is Cc1ncsc1CN1CCCC(N(C)c2ccnc(N(C)C)n2)C1. The van der Waals surface area contributed by atoms with Crippen molar-refractivity contribution in [3.8, 4) is 0 Å². The van der Waals surface area contributed by atoms with Crippen LogP contribution in [-0.2, 0) is 6.54 Å². The molecule has 0 N–H and O–H groups in total. The van der Waals surface area contributed by atoms with Crippen LogP contribution in [0, 0.1) is 6.92 Å². The van der Waals surface area contributed by atoms with Crippen LogP contribution >= 0.6 is 11.3 Å². The molecule has 0 amide bonds. The summed E-state index contributed by atoms with van der Waals surface area (Å²) in [6.07, 6.45) is 4.27. The summed E-state index contributed by atoms with van der Waals surface area (Å²) < 4.78 is 0. The Balaban J connectivity index is 1.67. The van der Waals surface area contributed by atoms with Crippen molar-refractivity contribution >= 4 is 23.1 Å². The normalized spacial score (nSPS) is 18.6. The lowest BCUT2D eigenvalue weighted by atomic mass is 10.0. The number of anilines is 2. The van der Waals surface area contributed by atoms with E-state index in [0.29, 0.717) is 6.04 Å². The zero-order chi connectivity index (χ0) is 17.1.